The lowest BCUT2D eigenvalue weighted by Gasteiger charge is -2.23. The second-order valence-electron chi connectivity index (χ2n) is 8.43. The van der Waals surface area contributed by atoms with Gasteiger partial charge in [-0.2, -0.15) is 0 Å². The van der Waals surface area contributed by atoms with Crippen molar-refractivity contribution in [1.82, 2.24) is 15.8 Å². The third kappa shape index (κ3) is 7.93. The predicted octanol–water partition coefficient (Wildman–Crippen LogP) is 2.69. The molecule has 0 spiro atoms. The molecule has 37 heavy (non-hydrogen) atoms. The van der Waals surface area contributed by atoms with Gasteiger partial charge >= 0.3 is 5.97 Å². The number of amides is 3. The summed E-state index contributed by atoms with van der Waals surface area (Å²) in [7, 11) is 0. The highest BCUT2D eigenvalue weighted by Gasteiger charge is 2.31. The summed E-state index contributed by atoms with van der Waals surface area (Å²) in [4.78, 5) is 52.7. The maximum atomic E-state index is 13.5. The van der Waals surface area contributed by atoms with Gasteiger partial charge in [-0.1, -0.05) is 43.1 Å². The third-order valence-electron chi connectivity index (χ3n) is 5.58. The van der Waals surface area contributed by atoms with Gasteiger partial charge in [-0.05, 0) is 36.2 Å². The number of ether oxygens (including phenoxy) is 2. The highest BCUT2D eigenvalue weighted by molar-refractivity contribution is 6.34. The molecule has 0 aliphatic carbocycles. The number of fused-ring (bicyclic) bond motifs is 1. The molecule has 0 aromatic heterocycles. The smallest absolute Gasteiger partial charge is 0.302 e. The second kappa shape index (κ2) is 13.6. The number of halogens is 1. The number of rotatable bonds is 11. The van der Waals surface area contributed by atoms with Gasteiger partial charge in [0, 0.05) is 25.7 Å². The van der Waals surface area contributed by atoms with Crippen LogP contribution in [0.5, 0.6) is 5.75 Å². The molecule has 1 heterocycles. The summed E-state index contributed by atoms with van der Waals surface area (Å²) in [6.45, 7) is 4.01. The minimum absolute atomic E-state index is 0.0869. The molecule has 0 saturated heterocycles. The van der Waals surface area contributed by atoms with Crippen LogP contribution in [0, 0.1) is 0 Å². The van der Waals surface area contributed by atoms with Crippen LogP contribution in [0.4, 0.5) is 5.69 Å². The van der Waals surface area contributed by atoms with Gasteiger partial charge in [0.05, 0.1) is 10.6 Å². The quantitative estimate of drug-likeness (QED) is 0.260. The Hall–Kier alpha value is -3.63. The first kappa shape index (κ1) is 27.9. The standard InChI is InChI=1S/C26H31ClN4O6/c1-3-4-11-28-29-24(33)16-30-15-19-7-5-6-8-23(19)31(17-25(30)34)26(35)21-10-9-20(14-22(21)27)37-13-12-36-18(2)32/h5-10,14,28H,3-4,11-13,15-17H2,1-2H3,(H,29,33). The number of benzene rings is 2. The van der Waals surface area contributed by atoms with Crippen molar-refractivity contribution in [2.24, 2.45) is 0 Å². The number of carbonyl (C=O) groups is 4. The Bertz CT molecular complexity index is 1140. The van der Waals surface area contributed by atoms with Crippen LogP contribution in [-0.4, -0.2) is 61.4 Å². The molecule has 0 unspecified atom stereocenters. The highest BCUT2D eigenvalue weighted by Crippen LogP contribution is 2.30. The van der Waals surface area contributed by atoms with Crippen LogP contribution in [0.15, 0.2) is 42.5 Å². The molecule has 1 aliphatic heterocycles. The van der Waals surface area contributed by atoms with Gasteiger partial charge in [-0.3, -0.25) is 29.5 Å². The zero-order chi connectivity index (χ0) is 26.8. The minimum atomic E-state index is -0.454. The van der Waals surface area contributed by atoms with Crippen LogP contribution in [0.2, 0.25) is 5.02 Å². The zero-order valence-electron chi connectivity index (χ0n) is 20.9. The molecule has 0 atom stereocenters. The minimum Gasteiger partial charge on any atom is -0.490 e. The van der Waals surface area contributed by atoms with E-state index >= 15 is 0 Å². The molecule has 3 amide bonds. The van der Waals surface area contributed by atoms with Gasteiger partial charge in [0.2, 0.25) is 5.91 Å². The Morgan fingerprint density at radius 3 is 2.59 bits per heavy atom. The summed E-state index contributed by atoms with van der Waals surface area (Å²) in [6.07, 6.45) is 1.90. The molecular formula is C26H31ClN4O6. The normalized spacial score (nSPS) is 13.0. The van der Waals surface area contributed by atoms with E-state index in [0.717, 1.165) is 18.4 Å². The van der Waals surface area contributed by atoms with Crippen molar-refractivity contribution in [3.8, 4) is 5.75 Å². The van der Waals surface area contributed by atoms with E-state index in [1.807, 2.05) is 19.1 Å². The summed E-state index contributed by atoms with van der Waals surface area (Å²) in [5, 5.41) is 0.151. The van der Waals surface area contributed by atoms with E-state index in [-0.39, 0.29) is 55.2 Å². The Labute approximate surface area is 220 Å². The second-order valence-corrected chi connectivity index (χ2v) is 8.84. The van der Waals surface area contributed by atoms with E-state index in [2.05, 4.69) is 10.9 Å². The van der Waals surface area contributed by atoms with Crippen molar-refractivity contribution >= 4 is 41.0 Å². The van der Waals surface area contributed by atoms with E-state index in [0.29, 0.717) is 18.0 Å². The number of nitrogens with zero attached hydrogens (tertiary/aromatic N) is 2. The molecule has 2 aromatic carbocycles. The molecule has 0 fully saturated rings. The van der Waals surface area contributed by atoms with Gasteiger partial charge < -0.3 is 14.4 Å². The lowest BCUT2D eigenvalue weighted by molar-refractivity contribution is -0.141. The summed E-state index contributed by atoms with van der Waals surface area (Å²) in [5.41, 5.74) is 6.97. The van der Waals surface area contributed by atoms with Crippen molar-refractivity contribution < 1.29 is 28.7 Å². The van der Waals surface area contributed by atoms with Crippen LogP contribution in [0.25, 0.3) is 0 Å². The maximum absolute atomic E-state index is 13.5. The lowest BCUT2D eigenvalue weighted by Crippen LogP contribution is -2.47. The van der Waals surface area contributed by atoms with Crippen LogP contribution < -0.4 is 20.5 Å². The van der Waals surface area contributed by atoms with Crippen LogP contribution in [0.1, 0.15) is 42.6 Å². The summed E-state index contributed by atoms with van der Waals surface area (Å²) in [5.74, 6) is -1.16. The van der Waals surface area contributed by atoms with Crippen molar-refractivity contribution in [1.29, 1.82) is 0 Å². The average Bonchev–Trinajstić information content (AvgIpc) is 3.00. The van der Waals surface area contributed by atoms with Crippen molar-refractivity contribution in [3.63, 3.8) is 0 Å². The molecule has 0 radical (unpaired) electrons. The van der Waals surface area contributed by atoms with Gasteiger partial charge in [0.25, 0.3) is 11.8 Å². The molecule has 2 aromatic rings. The largest absolute Gasteiger partial charge is 0.490 e. The SMILES string of the molecule is CCCCNNC(=O)CN1Cc2ccccc2N(C(=O)c2ccc(OCCOC(C)=O)cc2Cl)CC1=O. The number of esters is 1. The number of nitrogens with one attached hydrogen (secondary N) is 2. The van der Waals surface area contributed by atoms with Crippen LogP contribution >= 0.6 is 11.6 Å². The molecule has 0 bridgehead atoms. The molecule has 1 aliphatic rings. The summed E-state index contributed by atoms with van der Waals surface area (Å²) in [6, 6.07) is 11.8. The number of anilines is 1. The van der Waals surface area contributed by atoms with E-state index in [4.69, 9.17) is 21.1 Å². The predicted molar refractivity (Wildman–Crippen MR) is 138 cm³/mol. The average molecular weight is 531 g/mol. The molecule has 2 N–H and O–H groups in total. The van der Waals surface area contributed by atoms with Gasteiger partial charge in [0.15, 0.2) is 0 Å². The zero-order valence-corrected chi connectivity index (χ0v) is 21.7. The topological polar surface area (TPSA) is 117 Å². The molecule has 198 valence electrons. The summed E-state index contributed by atoms with van der Waals surface area (Å²) < 4.78 is 10.3. The third-order valence-corrected chi connectivity index (χ3v) is 5.89. The molecule has 0 saturated carbocycles. The van der Waals surface area contributed by atoms with Crippen molar-refractivity contribution in [3.05, 3.63) is 58.6 Å². The Kier molecular flexibility index (Phi) is 10.3. The number of unbranched alkanes of at least 4 members (excludes halogenated alkanes) is 1. The number of hydrogen-bond acceptors (Lipinski definition) is 7. The first-order chi connectivity index (χ1) is 17.8. The maximum Gasteiger partial charge on any atom is 0.302 e. The van der Waals surface area contributed by atoms with Crippen LogP contribution in [0.3, 0.4) is 0 Å². The monoisotopic (exact) mass is 530 g/mol. The van der Waals surface area contributed by atoms with Crippen molar-refractivity contribution in [2.75, 3.05) is 37.7 Å². The fraction of sp³-hybridized carbons (Fsp3) is 0.385. The fourth-order valence-electron chi connectivity index (χ4n) is 3.74. The number of hydrogen-bond donors (Lipinski definition) is 2. The van der Waals surface area contributed by atoms with Gasteiger partial charge in [-0.25, -0.2) is 5.43 Å². The number of para-hydroxylation sites is 1. The first-order valence-electron chi connectivity index (χ1n) is 12.0. The van der Waals surface area contributed by atoms with E-state index in [1.54, 1.807) is 18.2 Å². The Morgan fingerprint density at radius 2 is 1.86 bits per heavy atom. The lowest BCUT2D eigenvalue weighted by atomic mass is 10.1. The highest BCUT2D eigenvalue weighted by atomic mass is 35.5. The van der Waals surface area contributed by atoms with Crippen molar-refractivity contribution in [2.45, 2.75) is 33.2 Å². The Morgan fingerprint density at radius 1 is 1.08 bits per heavy atom. The molecule has 10 nitrogen and oxygen atoms in total. The summed E-state index contributed by atoms with van der Waals surface area (Å²) >= 11 is 6.41. The first-order valence-corrected chi connectivity index (χ1v) is 12.4. The number of hydrazine groups is 1. The Balaban J connectivity index is 1.73. The van der Waals surface area contributed by atoms with E-state index < -0.39 is 11.9 Å². The van der Waals surface area contributed by atoms with Gasteiger partial charge in [-0.15, -0.1) is 0 Å². The number of carbonyl (C=O) groups excluding carboxylic acids is 4. The molecule has 3 rings (SSSR count). The molecule has 11 heteroatoms. The fourth-order valence-corrected chi connectivity index (χ4v) is 3.99. The van der Waals surface area contributed by atoms with Crippen LogP contribution in [-0.2, 0) is 25.7 Å². The van der Waals surface area contributed by atoms with Gasteiger partial charge in [0.1, 0.15) is 32.1 Å². The van der Waals surface area contributed by atoms with E-state index in [9.17, 15) is 19.2 Å². The van der Waals surface area contributed by atoms with E-state index in [1.165, 1.54) is 28.9 Å². The molecular weight excluding hydrogens is 500 g/mol.